The minimum Gasteiger partial charge on any atom is -0.382 e. The lowest BCUT2D eigenvalue weighted by Crippen LogP contribution is -2.01. The number of aromatic nitrogens is 4. The van der Waals surface area contributed by atoms with Gasteiger partial charge in [-0.1, -0.05) is 11.6 Å². The first kappa shape index (κ1) is 8.00. The molecule has 0 unspecified atom stereocenters. The number of hydrogen-bond acceptors (Lipinski definition) is 4. The number of halogens is 1. The second-order valence-electron chi connectivity index (χ2n) is 2.42. The predicted octanol–water partition coefficient (Wildman–Crippen LogP) is 0.898. The highest BCUT2D eigenvalue weighted by Crippen LogP contribution is 2.09. The minimum absolute atomic E-state index is 0.377. The van der Waals surface area contributed by atoms with E-state index >= 15 is 0 Å². The Morgan fingerprint density at radius 3 is 2.69 bits per heavy atom. The zero-order valence-corrected chi connectivity index (χ0v) is 7.31. The molecule has 5 nitrogen and oxygen atoms in total. The largest absolute Gasteiger partial charge is 0.382 e. The summed E-state index contributed by atoms with van der Waals surface area (Å²) >= 11 is 5.69. The van der Waals surface area contributed by atoms with Crippen molar-refractivity contribution in [2.24, 2.45) is 0 Å². The first-order chi connectivity index (χ1) is 6.25. The Morgan fingerprint density at radius 2 is 2.15 bits per heavy atom. The van der Waals surface area contributed by atoms with Gasteiger partial charge in [-0.05, 0) is 12.1 Å². The molecule has 0 aromatic carbocycles. The van der Waals surface area contributed by atoms with Gasteiger partial charge in [0, 0.05) is 0 Å². The van der Waals surface area contributed by atoms with Crippen LogP contribution in [0.1, 0.15) is 0 Å². The van der Waals surface area contributed by atoms with Crippen LogP contribution in [0.4, 0.5) is 5.82 Å². The number of anilines is 1. The summed E-state index contributed by atoms with van der Waals surface area (Å²) in [6, 6.07) is 3.36. The van der Waals surface area contributed by atoms with Crippen LogP contribution >= 0.6 is 11.6 Å². The van der Waals surface area contributed by atoms with E-state index in [-0.39, 0.29) is 0 Å². The summed E-state index contributed by atoms with van der Waals surface area (Å²) in [5, 5.41) is 12.0. The van der Waals surface area contributed by atoms with Crippen LogP contribution in [0.3, 0.4) is 0 Å². The maximum absolute atomic E-state index is 5.69. The fourth-order valence-corrected chi connectivity index (χ4v) is 1.02. The summed E-state index contributed by atoms with van der Waals surface area (Å²) < 4.78 is 1.52. The van der Waals surface area contributed by atoms with Gasteiger partial charge in [-0.15, -0.1) is 10.2 Å². The molecule has 0 amide bonds. The minimum atomic E-state index is 0.377. The van der Waals surface area contributed by atoms with E-state index in [9.17, 15) is 0 Å². The van der Waals surface area contributed by atoms with Gasteiger partial charge in [-0.2, -0.15) is 5.10 Å². The molecule has 0 radical (unpaired) electrons. The fourth-order valence-electron chi connectivity index (χ4n) is 0.884. The highest BCUT2D eigenvalue weighted by Gasteiger charge is 1.99. The van der Waals surface area contributed by atoms with E-state index < -0.39 is 0 Å². The highest BCUT2D eigenvalue weighted by atomic mass is 35.5. The van der Waals surface area contributed by atoms with E-state index in [0.717, 1.165) is 0 Å². The van der Waals surface area contributed by atoms with Crippen LogP contribution < -0.4 is 5.73 Å². The first-order valence-corrected chi connectivity index (χ1v) is 3.93. The second-order valence-corrected chi connectivity index (χ2v) is 2.86. The van der Waals surface area contributed by atoms with E-state index in [1.807, 2.05) is 0 Å². The van der Waals surface area contributed by atoms with Crippen LogP contribution in [0.2, 0.25) is 5.02 Å². The van der Waals surface area contributed by atoms with Crippen LogP contribution in [0, 0.1) is 0 Å². The quantitative estimate of drug-likeness (QED) is 0.734. The summed E-state index contributed by atoms with van der Waals surface area (Å²) in [4.78, 5) is 0. The van der Waals surface area contributed by atoms with Crippen molar-refractivity contribution in [3.8, 4) is 5.82 Å². The Hall–Kier alpha value is -1.62. The molecule has 0 saturated carbocycles. The SMILES string of the molecule is Nc1ccc(-n2cc(Cl)cn2)nn1. The zero-order valence-electron chi connectivity index (χ0n) is 6.55. The van der Waals surface area contributed by atoms with Crippen molar-refractivity contribution in [1.82, 2.24) is 20.0 Å². The van der Waals surface area contributed by atoms with Crippen molar-refractivity contribution in [2.75, 3.05) is 5.73 Å². The lowest BCUT2D eigenvalue weighted by Gasteiger charge is -1.97. The molecule has 0 aliphatic carbocycles. The number of nitrogen functional groups attached to an aromatic ring is 1. The lowest BCUT2D eigenvalue weighted by molar-refractivity contribution is 0.817. The summed E-state index contributed by atoms with van der Waals surface area (Å²) in [6.07, 6.45) is 3.17. The third-order valence-corrected chi connectivity index (χ3v) is 1.65. The van der Waals surface area contributed by atoms with Crippen molar-refractivity contribution < 1.29 is 0 Å². The molecule has 0 fully saturated rings. The number of rotatable bonds is 1. The third kappa shape index (κ3) is 1.59. The molecular formula is C7H6ClN5. The van der Waals surface area contributed by atoms with Gasteiger partial charge in [0.05, 0.1) is 17.4 Å². The molecule has 13 heavy (non-hydrogen) atoms. The topological polar surface area (TPSA) is 69.6 Å². The molecule has 0 bridgehead atoms. The van der Waals surface area contributed by atoms with Crippen LogP contribution in [-0.2, 0) is 0 Å². The fraction of sp³-hybridized carbons (Fsp3) is 0. The zero-order chi connectivity index (χ0) is 9.26. The van der Waals surface area contributed by atoms with Crippen molar-refractivity contribution >= 4 is 17.4 Å². The molecule has 2 aromatic rings. The molecule has 2 N–H and O–H groups in total. The van der Waals surface area contributed by atoms with Gasteiger partial charge in [-0.25, -0.2) is 4.68 Å². The number of hydrogen-bond donors (Lipinski definition) is 1. The molecule has 66 valence electrons. The van der Waals surface area contributed by atoms with E-state index in [1.54, 1.807) is 18.3 Å². The van der Waals surface area contributed by atoms with Gasteiger partial charge in [0.2, 0.25) is 0 Å². The second kappa shape index (κ2) is 3.02. The first-order valence-electron chi connectivity index (χ1n) is 3.55. The van der Waals surface area contributed by atoms with E-state index in [4.69, 9.17) is 17.3 Å². The van der Waals surface area contributed by atoms with Gasteiger partial charge in [0.1, 0.15) is 5.82 Å². The van der Waals surface area contributed by atoms with Crippen LogP contribution in [0.25, 0.3) is 5.82 Å². The smallest absolute Gasteiger partial charge is 0.175 e. The average molecular weight is 196 g/mol. The summed E-state index contributed by atoms with van der Waals surface area (Å²) in [7, 11) is 0. The van der Waals surface area contributed by atoms with Gasteiger partial charge in [0.15, 0.2) is 5.82 Å². The Balaban J connectivity index is 2.41. The summed E-state index contributed by atoms with van der Waals surface area (Å²) in [5.74, 6) is 0.961. The van der Waals surface area contributed by atoms with Gasteiger partial charge >= 0.3 is 0 Å². The maximum Gasteiger partial charge on any atom is 0.175 e. The van der Waals surface area contributed by atoms with Crippen molar-refractivity contribution in [1.29, 1.82) is 0 Å². The van der Waals surface area contributed by atoms with Crippen LogP contribution in [0.5, 0.6) is 0 Å². The van der Waals surface area contributed by atoms with Gasteiger partial charge in [-0.3, -0.25) is 0 Å². The Bertz CT molecular complexity index is 407. The van der Waals surface area contributed by atoms with E-state index in [0.29, 0.717) is 16.7 Å². The Morgan fingerprint density at radius 1 is 1.31 bits per heavy atom. The standard InChI is InChI=1S/C7H6ClN5/c8-5-3-10-13(4-5)7-2-1-6(9)11-12-7/h1-4H,(H2,9,11). The Kier molecular flexibility index (Phi) is 1.86. The molecular weight excluding hydrogens is 190 g/mol. The summed E-state index contributed by atoms with van der Waals surface area (Å²) in [6.45, 7) is 0. The molecule has 6 heteroatoms. The summed E-state index contributed by atoms with van der Waals surface area (Å²) in [5.41, 5.74) is 5.38. The average Bonchev–Trinajstić information content (AvgIpc) is 2.53. The monoisotopic (exact) mass is 195 g/mol. The lowest BCUT2D eigenvalue weighted by atomic mass is 10.5. The molecule has 0 aliphatic rings. The molecule has 0 spiro atoms. The molecule has 2 heterocycles. The molecule has 2 rings (SSSR count). The van der Waals surface area contributed by atoms with Crippen molar-refractivity contribution in [3.05, 3.63) is 29.5 Å². The van der Waals surface area contributed by atoms with Crippen LogP contribution in [0.15, 0.2) is 24.5 Å². The van der Waals surface area contributed by atoms with Gasteiger partial charge in [0.25, 0.3) is 0 Å². The highest BCUT2D eigenvalue weighted by molar-refractivity contribution is 6.30. The predicted molar refractivity (Wildman–Crippen MR) is 48.6 cm³/mol. The van der Waals surface area contributed by atoms with Crippen molar-refractivity contribution in [3.63, 3.8) is 0 Å². The Labute approximate surface area is 79.1 Å². The molecule has 0 aliphatic heterocycles. The number of nitrogens with zero attached hydrogens (tertiary/aromatic N) is 4. The normalized spacial score (nSPS) is 10.2. The molecule has 0 atom stereocenters. The molecule has 2 aromatic heterocycles. The van der Waals surface area contributed by atoms with E-state index in [2.05, 4.69) is 15.3 Å². The number of nitrogens with two attached hydrogens (primary N) is 1. The van der Waals surface area contributed by atoms with Crippen LogP contribution in [-0.4, -0.2) is 20.0 Å². The molecule has 0 saturated heterocycles. The third-order valence-electron chi connectivity index (χ3n) is 1.46. The van der Waals surface area contributed by atoms with Crippen molar-refractivity contribution in [2.45, 2.75) is 0 Å². The van der Waals surface area contributed by atoms with Gasteiger partial charge < -0.3 is 5.73 Å². The van der Waals surface area contributed by atoms with E-state index in [1.165, 1.54) is 10.9 Å². The maximum atomic E-state index is 5.69.